The fourth-order valence-corrected chi connectivity index (χ4v) is 4.51. The molecule has 0 saturated heterocycles. The summed E-state index contributed by atoms with van der Waals surface area (Å²) in [6, 6.07) is 10.2. The predicted molar refractivity (Wildman–Crippen MR) is 86.7 cm³/mol. The number of thiophene rings is 1. The van der Waals surface area contributed by atoms with E-state index < -0.39 is 0 Å². The topological polar surface area (TPSA) is 32.7 Å². The molecule has 2 aromatic rings. The third kappa shape index (κ3) is 1.94. The van der Waals surface area contributed by atoms with Crippen LogP contribution >= 0.6 is 11.3 Å². The van der Waals surface area contributed by atoms with Gasteiger partial charge in [-0.1, -0.05) is 30.3 Å². The number of aryl methyl sites for hydroxylation is 1. The zero-order valence-corrected chi connectivity index (χ0v) is 12.7. The smallest absolute Gasteiger partial charge is 0.249 e. The van der Waals surface area contributed by atoms with Crippen LogP contribution in [0, 0.1) is 0 Å². The predicted octanol–water partition coefficient (Wildman–Crippen LogP) is 3.05. The Hall–Kier alpha value is -1.94. The Morgan fingerprint density at radius 1 is 1.19 bits per heavy atom. The maximum atomic E-state index is 12.2. The summed E-state index contributed by atoms with van der Waals surface area (Å²) in [4.78, 5) is 20.1. The number of fused-ring (bicyclic) bond motifs is 3. The number of amides is 1. The fourth-order valence-electron chi connectivity index (χ4n) is 3.15. The molecule has 21 heavy (non-hydrogen) atoms. The third-order valence-electron chi connectivity index (χ3n) is 4.24. The molecule has 4 heteroatoms. The summed E-state index contributed by atoms with van der Waals surface area (Å²) in [6.45, 7) is 0.233. The van der Waals surface area contributed by atoms with Crippen molar-refractivity contribution in [2.45, 2.75) is 19.3 Å². The largest absolute Gasteiger partial charge is 0.305 e. The van der Waals surface area contributed by atoms with Gasteiger partial charge in [-0.25, -0.2) is 0 Å². The first-order valence-corrected chi connectivity index (χ1v) is 8.08. The van der Waals surface area contributed by atoms with Gasteiger partial charge in [-0.05, 0) is 24.8 Å². The zero-order valence-electron chi connectivity index (χ0n) is 11.9. The minimum atomic E-state index is 0.0714. The van der Waals surface area contributed by atoms with Gasteiger partial charge in [0.15, 0.2) is 0 Å². The number of carbonyl (C=O) groups is 1. The van der Waals surface area contributed by atoms with Gasteiger partial charge < -0.3 is 4.90 Å². The van der Waals surface area contributed by atoms with Crippen LogP contribution in [0.3, 0.4) is 0 Å². The standard InChI is InChI=1S/C17H16N2OS/c1-19-14(20)10-18-16(11-6-3-2-4-7-11)15-12-8-5-9-13(12)21-17(15)19/h2-4,6-7H,5,8-10H2,1H3. The van der Waals surface area contributed by atoms with Crippen LogP contribution < -0.4 is 4.90 Å². The van der Waals surface area contributed by atoms with Gasteiger partial charge >= 0.3 is 0 Å². The lowest BCUT2D eigenvalue weighted by Crippen LogP contribution is -2.27. The van der Waals surface area contributed by atoms with Crippen LogP contribution in [0.4, 0.5) is 5.00 Å². The number of carbonyl (C=O) groups excluding carboxylic acids is 1. The second-order valence-electron chi connectivity index (χ2n) is 5.52. The highest BCUT2D eigenvalue weighted by Gasteiger charge is 2.31. The van der Waals surface area contributed by atoms with E-state index >= 15 is 0 Å². The number of aliphatic imine (C=N–C) groups is 1. The molecule has 4 rings (SSSR count). The van der Waals surface area contributed by atoms with Gasteiger partial charge in [0.1, 0.15) is 11.5 Å². The van der Waals surface area contributed by atoms with Gasteiger partial charge in [-0.3, -0.25) is 9.79 Å². The molecule has 2 aliphatic rings. The number of nitrogens with zero attached hydrogens (tertiary/aromatic N) is 2. The summed E-state index contributed by atoms with van der Waals surface area (Å²) < 4.78 is 0. The maximum Gasteiger partial charge on any atom is 0.249 e. The van der Waals surface area contributed by atoms with Crippen molar-refractivity contribution in [3.8, 4) is 0 Å². The highest BCUT2D eigenvalue weighted by Crippen LogP contribution is 2.42. The summed E-state index contributed by atoms with van der Waals surface area (Å²) in [5.41, 5.74) is 4.71. The van der Waals surface area contributed by atoms with Crippen LogP contribution in [0.1, 0.15) is 28.0 Å². The van der Waals surface area contributed by atoms with E-state index in [-0.39, 0.29) is 12.5 Å². The minimum absolute atomic E-state index is 0.0714. The average Bonchev–Trinajstić information content (AvgIpc) is 3.06. The van der Waals surface area contributed by atoms with Crippen LogP contribution in [-0.4, -0.2) is 25.2 Å². The highest BCUT2D eigenvalue weighted by atomic mass is 32.1. The Labute approximate surface area is 127 Å². The summed E-state index contributed by atoms with van der Waals surface area (Å²) in [5, 5.41) is 1.07. The first-order valence-electron chi connectivity index (χ1n) is 7.27. The molecule has 3 nitrogen and oxygen atoms in total. The lowest BCUT2D eigenvalue weighted by atomic mass is 9.99. The monoisotopic (exact) mass is 296 g/mol. The van der Waals surface area contributed by atoms with Crippen molar-refractivity contribution < 1.29 is 4.79 Å². The molecule has 0 fully saturated rings. The molecule has 0 saturated carbocycles. The van der Waals surface area contributed by atoms with Crippen molar-refractivity contribution in [2.75, 3.05) is 18.5 Å². The summed E-state index contributed by atoms with van der Waals surface area (Å²) in [6.07, 6.45) is 3.46. The number of likely N-dealkylation sites (N-methyl/N-ethyl adjacent to an activating group) is 1. The van der Waals surface area contributed by atoms with Gasteiger partial charge in [-0.15, -0.1) is 11.3 Å². The second kappa shape index (κ2) is 4.81. The van der Waals surface area contributed by atoms with Crippen molar-refractivity contribution >= 4 is 28.0 Å². The molecular weight excluding hydrogens is 280 g/mol. The van der Waals surface area contributed by atoms with Crippen molar-refractivity contribution in [1.82, 2.24) is 0 Å². The summed E-state index contributed by atoms with van der Waals surface area (Å²) >= 11 is 1.77. The normalized spacial score (nSPS) is 17.3. The molecule has 0 spiro atoms. The average molecular weight is 296 g/mol. The summed E-state index contributed by atoms with van der Waals surface area (Å²) in [5.74, 6) is 0.0714. The number of benzene rings is 1. The quantitative estimate of drug-likeness (QED) is 0.796. The van der Waals surface area contributed by atoms with E-state index in [1.165, 1.54) is 22.4 Å². The lowest BCUT2D eigenvalue weighted by Gasteiger charge is -2.14. The molecule has 0 unspecified atom stereocenters. The van der Waals surface area contributed by atoms with Crippen molar-refractivity contribution in [1.29, 1.82) is 0 Å². The molecule has 1 aliphatic carbocycles. The molecule has 0 atom stereocenters. The Kier molecular flexibility index (Phi) is 2.93. The molecule has 1 aliphatic heterocycles. The van der Waals surface area contributed by atoms with Gasteiger partial charge in [0.2, 0.25) is 5.91 Å². The van der Waals surface area contributed by atoms with E-state index in [4.69, 9.17) is 0 Å². The molecular formula is C17H16N2OS. The molecule has 0 bridgehead atoms. The van der Waals surface area contributed by atoms with Crippen LogP contribution in [0.15, 0.2) is 35.3 Å². The number of rotatable bonds is 1. The molecule has 1 aromatic heterocycles. The Morgan fingerprint density at radius 2 is 2.00 bits per heavy atom. The van der Waals surface area contributed by atoms with Gasteiger partial charge in [0.05, 0.1) is 5.71 Å². The molecule has 0 N–H and O–H groups in total. The molecule has 0 radical (unpaired) electrons. The van der Waals surface area contributed by atoms with Gasteiger partial charge in [0, 0.05) is 23.1 Å². The zero-order chi connectivity index (χ0) is 14.4. The second-order valence-corrected chi connectivity index (χ2v) is 6.60. The summed E-state index contributed by atoms with van der Waals surface area (Å²) in [7, 11) is 1.87. The molecule has 1 amide bonds. The lowest BCUT2D eigenvalue weighted by molar-refractivity contribution is -0.116. The van der Waals surface area contributed by atoms with Gasteiger partial charge in [0.25, 0.3) is 0 Å². The number of hydrogen-bond donors (Lipinski definition) is 0. The first-order chi connectivity index (χ1) is 10.3. The molecule has 2 heterocycles. The van der Waals surface area contributed by atoms with E-state index in [0.717, 1.165) is 29.1 Å². The third-order valence-corrected chi connectivity index (χ3v) is 5.61. The van der Waals surface area contributed by atoms with E-state index in [1.807, 2.05) is 25.2 Å². The minimum Gasteiger partial charge on any atom is -0.305 e. The maximum absolute atomic E-state index is 12.2. The Balaban J connectivity index is 1.97. The Morgan fingerprint density at radius 3 is 2.81 bits per heavy atom. The van der Waals surface area contributed by atoms with Crippen molar-refractivity contribution in [3.63, 3.8) is 0 Å². The van der Waals surface area contributed by atoms with Crippen molar-refractivity contribution in [2.24, 2.45) is 4.99 Å². The van der Waals surface area contributed by atoms with E-state index in [1.54, 1.807) is 16.2 Å². The first kappa shape index (κ1) is 12.8. The molecule has 1 aromatic carbocycles. The van der Waals surface area contributed by atoms with Crippen LogP contribution in [0.25, 0.3) is 0 Å². The number of hydrogen-bond acceptors (Lipinski definition) is 3. The van der Waals surface area contributed by atoms with E-state index in [9.17, 15) is 4.79 Å². The number of anilines is 1. The fraction of sp³-hybridized carbons (Fsp3) is 0.294. The highest BCUT2D eigenvalue weighted by molar-refractivity contribution is 7.17. The van der Waals surface area contributed by atoms with Gasteiger partial charge in [-0.2, -0.15) is 0 Å². The SMILES string of the molecule is CN1C(=O)CN=C(c2ccccc2)c2c1sc1c2CCC1. The van der Waals surface area contributed by atoms with Crippen LogP contribution in [0.5, 0.6) is 0 Å². The van der Waals surface area contributed by atoms with Crippen molar-refractivity contribution in [3.05, 3.63) is 51.9 Å². The van der Waals surface area contributed by atoms with E-state index in [2.05, 4.69) is 17.1 Å². The Bertz CT molecular complexity index is 746. The molecule has 106 valence electrons. The van der Waals surface area contributed by atoms with Crippen LogP contribution in [0.2, 0.25) is 0 Å². The van der Waals surface area contributed by atoms with E-state index in [0.29, 0.717) is 0 Å². The van der Waals surface area contributed by atoms with Crippen LogP contribution in [-0.2, 0) is 17.6 Å².